The fourth-order valence-electron chi connectivity index (χ4n) is 1.98. The van der Waals surface area contributed by atoms with Crippen molar-refractivity contribution in [3.63, 3.8) is 0 Å². The molecule has 2 N–H and O–H groups in total. The molecule has 0 radical (unpaired) electrons. The van der Waals surface area contributed by atoms with Crippen LogP contribution in [-0.2, 0) is 9.47 Å². The molecule has 3 rings (SSSR count). The maximum absolute atomic E-state index is 11.4. The number of H-pyrrole nitrogens is 1. The molecule has 1 aliphatic rings. The van der Waals surface area contributed by atoms with Gasteiger partial charge in [0.25, 0.3) is 0 Å². The summed E-state index contributed by atoms with van der Waals surface area (Å²) in [6.07, 6.45) is -0.0337. The van der Waals surface area contributed by atoms with Crippen molar-refractivity contribution in [3.8, 4) is 0 Å². The van der Waals surface area contributed by atoms with E-state index in [1.807, 2.05) is 13.8 Å². The summed E-state index contributed by atoms with van der Waals surface area (Å²) in [5.41, 5.74) is 0.123. The fraction of sp³-hybridized carbons (Fsp3) is 0.545. The molecule has 0 bridgehead atoms. The van der Waals surface area contributed by atoms with Crippen LogP contribution in [0.15, 0.2) is 16.9 Å². The first-order valence-electron chi connectivity index (χ1n) is 6.04. The number of fused-ring (bicyclic) bond motifs is 1. The van der Waals surface area contributed by atoms with Crippen molar-refractivity contribution >= 4 is 11.5 Å². The lowest BCUT2D eigenvalue weighted by molar-refractivity contribution is -0.136. The molecule has 1 saturated heterocycles. The van der Waals surface area contributed by atoms with Crippen molar-refractivity contribution < 1.29 is 9.47 Å². The number of ether oxygens (including phenoxy) is 2. The molecule has 102 valence electrons. The molecule has 1 fully saturated rings. The molecule has 1 unspecified atom stereocenters. The van der Waals surface area contributed by atoms with Gasteiger partial charge in [-0.3, -0.25) is 0 Å². The van der Waals surface area contributed by atoms with Gasteiger partial charge in [0.1, 0.15) is 11.9 Å². The van der Waals surface area contributed by atoms with Gasteiger partial charge in [0, 0.05) is 6.54 Å². The van der Waals surface area contributed by atoms with E-state index >= 15 is 0 Å². The van der Waals surface area contributed by atoms with Gasteiger partial charge in [-0.15, -0.1) is 5.10 Å². The number of nitrogens with zero attached hydrogens (tertiary/aromatic N) is 3. The van der Waals surface area contributed by atoms with Crippen LogP contribution in [0.2, 0.25) is 0 Å². The molecule has 8 heteroatoms. The summed E-state index contributed by atoms with van der Waals surface area (Å²) in [4.78, 5) is 11.4. The highest BCUT2D eigenvalue weighted by molar-refractivity contribution is 5.42. The van der Waals surface area contributed by atoms with Gasteiger partial charge in [-0.2, -0.15) is 9.61 Å². The average molecular weight is 265 g/mol. The van der Waals surface area contributed by atoms with Crippen LogP contribution < -0.4 is 11.0 Å². The summed E-state index contributed by atoms with van der Waals surface area (Å²) < 4.78 is 12.3. The largest absolute Gasteiger partial charge is 0.366 e. The van der Waals surface area contributed by atoms with Crippen molar-refractivity contribution in [2.24, 2.45) is 0 Å². The molecule has 1 aliphatic heterocycles. The molecule has 2 aromatic rings. The Bertz CT molecular complexity index is 647. The molecule has 0 amide bonds. The van der Waals surface area contributed by atoms with Crippen LogP contribution in [0.5, 0.6) is 0 Å². The molecule has 0 aliphatic carbocycles. The molecule has 0 aromatic carbocycles. The second kappa shape index (κ2) is 4.32. The minimum absolute atomic E-state index is 0.0337. The Balaban J connectivity index is 1.69. The van der Waals surface area contributed by atoms with Crippen LogP contribution in [-0.4, -0.2) is 44.9 Å². The highest BCUT2D eigenvalue weighted by atomic mass is 16.7. The quantitative estimate of drug-likeness (QED) is 0.810. The van der Waals surface area contributed by atoms with Gasteiger partial charge in [0.2, 0.25) is 0 Å². The first-order valence-corrected chi connectivity index (χ1v) is 6.04. The number of hydrogen-bond acceptors (Lipinski definition) is 6. The zero-order chi connectivity index (χ0) is 13.5. The van der Waals surface area contributed by atoms with Gasteiger partial charge >= 0.3 is 5.69 Å². The standard InChI is InChI=1S/C11H15N5O3/c1-11(2)18-6-7(19-11)5-12-8-3-4-9-13-14-10(17)16(9)15-8/h3-4,7H,5-6H2,1-2H3,(H,12,15)(H,14,17). The molecule has 1 atom stereocenters. The number of hydrogen-bond donors (Lipinski definition) is 2. The molecule has 8 nitrogen and oxygen atoms in total. The lowest BCUT2D eigenvalue weighted by Crippen LogP contribution is -2.26. The van der Waals surface area contributed by atoms with Crippen molar-refractivity contribution in [2.45, 2.75) is 25.7 Å². The van der Waals surface area contributed by atoms with Crippen LogP contribution >= 0.6 is 0 Å². The van der Waals surface area contributed by atoms with Gasteiger partial charge in [-0.25, -0.2) is 9.89 Å². The maximum Gasteiger partial charge on any atom is 0.364 e. The predicted molar refractivity (Wildman–Crippen MR) is 67.0 cm³/mol. The van der Waals surface area contributed by atoms with Gasteiger partial charge in [-0.1, -0.05) is 0 Å². The third-order valence-corrected chi connectivity index (χ3v) is 2.85. The summed E-state index contributed by atoms with van der Waals surface area (Å²) in [5.74, 6) is 0.0508. The topological polar surface area (TPSA) is 93.5 Å². The lowest BCUT2D eigenvalue weighted by Gasteiger charge is -2.17. The van der Waals surface area contributed by atoms with Gasteiger partial charge in [0.15, 0.2) is 11.4 Å². The average Bonchev–Trinajstić information content (AvgIpc) is 2.91. The van der Waals surface area contributed by atoms with Crippen LogP contribution in [0.3, 0.4) is 0 Å². The lowest BCUT2D eigenvalue weighted by atomic mass is 10.3. The molecule has 2 aromatic heterocycles. The highest BCUT2D eigenvalue weighted by Crippen LogP contribution is 2.22. The van der Waals surface area contributed by atoms with Crippen molar-refractivity contribution in [1.29, 1.82) is 0 Å². The second-order valence-corrected chi connectivity index (χ2v) is 4.85. The normalized spacial score (nSPS) is 21.9. The number of rotatable bonds is 3. The fourth-order valence-corrected chi connectivity index (χ4v) is 1.98. The number of nitrogens with one attached hydrogen (secondary N) is 2. The summed E-state index contributed by atoms with van der Waals surface area (Å²) in [5, 5.41) is 13.4. The Hall–Kier alpha value is -1.93. The van der Waals surface area contributed by atoms with Crippen LogP contribution in [0.4, 0.5) is 5.82 Å². The van der Waals surface area contributed by atoms with Crippen LogP contribution in [0.1, 0.15) is 13.8 Å². The van der Waals surface area contributed by atoms with E-state index in [4.69, 9.17) is 9.47 Å². The molecule has 19 heavy (non-hydrogen) atoms. The van der Waals surface area contributed by atoms with E-state index in [-0.39, 0.29) is 11.8 Å². The second-order valence-electron chi connectivity index (χ2n) is 4.85. The monoisotopic (exact) mass is 265 g/mol. The van der Waals surface area contributed by atoms with E-state index in [0.29, 0.717) is 24.6 Å². The van der Waals surface area contributed by atoms with E-state index in [1.54, 1.807) is 12.1 Å². The van der Waals surface area contributed by atoms with Gasteiger partial charge < -0.3 is 14.8 Å². The van der Waals surface area contributed by atoms with Crippen molar-refractivity contribution in [1.82, 2.24) is 19.8 Å². The molecule has 0 saturated carbocycles. The Labute approximate surface area is 108 Å². The molecule has 3 heterocycles. The summed E-state index contributed by atoms with van der Waals surface area (Å²) in [7, 11) is 0. The molecular weight excluding hydrogens is 250 g/mol. The highest BCUT2D eigenvalue weighted by Gasteiger charge is 2.32. The SMILES string of the molecule is CC1(C)OCC(CNc2ccc3n[nH]c(=O)n3n2)O1. The summed E-state index contributed by atoms with van der Waals surface area (Å²) >= 11 is 0. The number of aromatic nitrogens is 4. The van der Waals surface area contributed by atoms with E-state index in [9.17, 15) is 4.79 Å². The minimum Gasteiger partial charge on any atom is -0.366 e. The van der Waals surface area contributed by atoms with Crippen LogP contribution in [0.25, 0.3) is 5.65 Å². The molecular formula is C11H15N5O3. The van der Waals surface area contributed by atoms with E-state index in [0.717, 1.165) is 0 Å². The van der Waals surface area contributed by atoms with Crippen LogP contribution in [0, 0.1) is 0 Å². The third kappa shape index (κ3) is 2.45. The van der Waals surface area contributed by atoms with E-state index < -0.39 is 5.79 Å². The Kier molecular flexibility index (Phi) is 2.76. The first kappa shape index (κ1) is 12.1. The molecule has 0 spiro atoms. The zero-order valence-corrected chi connectivity index (χ0v) is 10.7. The van der Waals surface area contributed by atoms with E-state index in [1.165, 1.54) is 4.52 Å². The van der Waals surface area contributed by atoms with Gasteiger partial charge in [0.05, 0.1) is 6.61 Å². The summed E-state index contributed by atoms with van der Waals surface area (Å²) in [6.45, 7) is 4.85. The predicted octanol–water partition coefficient (Wildman–Crippen LogP) is -0.0190. The van der Waals surface area contributed by atoms with Gasteiger partial charge in [-0.05, 0) is 26.0 Å². The Morgan fingerprint density at radius 2 is 2.42 bits per heavy atom. The minimum atomic E-state index is -0.536. The van der Waals surface area contributed by atoms with Crippen molar-refractivity contribution in [2.75, 3.05) is 18.5 Å². The zero-order valence-electron chi connectivity index (χ0n) is 10.7. The van der Waals surface area contributed by atoms with Crippen molar-refractivity contribution in [3.05, 3.63) is 22.6 Å². The Morgan fingerprint density at radius 1 is 1.58 bits per heavy atom. The van der Waals surface area contributed by atoms with E-state index in [2.05, 4.69) is 20.6 Å². The first-order chi connectivity index (χ1) is 9.03. The number of aromatic amines is 1. The Morgan fingerprint density at radius 3 is 3.16 bits per heavy atom. The maximum atomic E-state index is 11.4. The number of anilines is 1. The third-order valence-electron chi connectivity index (χ3n) is 2.85. The smallest absolute Gasteiger partial charge is 0.364 e. The summed E-state index contributed by atoms with van der Waals surface area (Å²) in [6, 6.07) is 3.47.